The van der Waals surface area contributed by atoms with Gasteiger partial charge in [0.2, 0.25) is 0 Å². The molecular formula is C23H27N3O2S. The Kier molecular flexibility index (Phi) is 5.46. The lowest BCUT2D eigenvalue weighted by Crippen LogP contribution is -2.48. The van der Waals surface area contributed by atoms with E-state index in [0.29, 0.717) is 17.8 Å². The summed E-state index contributed by atoms with van der Waals surface area (Å²) < 4.78 is 0. The van der Waals surface area contributed by atoms with Gasteiger partial charge in [-0.05, 0) is 48.9 Å². The molecule has 2 aliphatic heterocycles. The molecule has 5 nitrogen and oxygen atoms in total. The van der Waals surface area contributed by atoms with E-state index in [2.05, 4.69) is 41.8 Å². The van der Waals surface area contributed by atoms with Gasteiger partial charge in [0.1, 0.15) is 5.70 Å². The van der Waals surface area contributed by atoms with E-state index in [-0.39, 0.29) is 11.8 Å². The molecule has 1 fully saturated rings. The second kappa shape index (κ2) is 8.03. The number of carbonyl (C=O) groups excluding carboxylic acids is 2. The van der Waals surface area contributed by atoms with E-state index in [0.717, 1.165) is 37.5 Å². The Morgan fingerprint density at radius 1 is 0.931 bits per heavy atom. The van der Waals surface area contributed by atoms with E-state index in [1.54, 1.807) is 0 Å². The van der Waals surface area contributed by atoms with E-state index < -0.39 is 0 Å². The number of anilines is 1. The van der Waals surface area contributed by atoms with Crippen molar-refractivity contribution in [1.29, 1.82) is 0 Å². The molecule has 2 amide bonds. The monoisotopic (exact) mass is 409 g/mol. The Bertz CT molecular complexity index is 957. The first-order valence-corrected chi connectivity index (χ1v) is 11.1. The minimum absolute atomic E-state index is 0.138. The van der Waals surface area contributed by atoms with Gasteiger partial charge in [-0.2, -0.15) is 0 Å². The van der Waals surface area contributed by atoms with Gasteiger partial charge in [-0.25, -0.2) is 0 Å². The fourth-order valence-corrected chi connectivity index (χ4v) is 4.94. The van der Waals surface area contributed by atoms with Crippen LogP contribution in [0.5, 0.6) is 0 Å². The Balaban J connectivity index is 1.61. The van der Waals surface area contributed by atoms with Crippen molar-refractivity contribution in [2.75, 3.05) is 37.6 Å². The number of amides is 2. The van der Waals surface area contributed by atoms with Gasteiger partial charge in [-0.1, -0.05) is 25.1 Å². The van der Waals surface area contributed by atoms with Crippen LogP contribution in [0.3, 0.4) is 0 Å². The SMILES string of the molecule is CCCN1C(=O)C(c2cccs2)=C(N2CCN(c3cccc(C)c3C)CC2)C1=O. The normalized spacial score (nSPS) is 17.7. The third-order valence-corrected chi connectivity index (χ3v) is 6.76. The molecule has 0 aliphatic carbocycles. The summed E-state index contributed by atoms with van der Waals surface area (Å²) in [7, 11) is 0. The number of benzene rings is 1. The van der Waals surface area contributed by atoms with Crippen molar-refractivity contribution in [3.05, 3.63) is 57.4 Å². The van der Waals surface area contributed by atoms with Gasteiger partial charge in [0, 0.05) is 43.3 Å². The van der Waals surface area contributed by atoms with Crippen LogP contribution in [0.1, 0.15) is 29.3 Å². The summed E-state index contributed by atoms with van der Waals surface area (Å²) in [5, 5.41) is 1.96. The van der Waals surface area contributed by atoms with Gasteiger partial charge in [0.25, 0.3) is 11.8 Å². The number of nitrogens with zero attached hydrogens (tertiary/aromatic N) is 3. The van der Waals surface area contributed by atoms with Gasteiger partial charge in [0.05, 0.1) is 5.57 Å². The molecule has 4 rings (SSSR count). The van der Waals surface area contributed by atoms with E-state index >= 15 is 0 Å². The van der Waals surface area contributed by atoms with Crippen LogP contribution in [0.25, 0.3) is 5.57 Å². The zero-order valence-corrected chi connectivity index (χ0v) is 18.1. The molecule has 0 bridgehead atoms. The summed E-state index contributed by atoms with van der Waals surface area (Å²) in [5.41, 5.74) is 5.03. The molecule has 152 valence electrons. The van der Waals surface area contributed by atoms with Crippen molar-refractivity contribution >= 4 is 34.4 Å². The fourth-order valence-electron chi connectivity index (χ4n) is 4.18. The number of imide groups is 1. The van der Waals surface area contributed by atoms with Crippen LogP contribution in [-0.2, 0) is 9.59 Å². The van der Waals surface area contributed by atoms with Crippen molar-refractivity contribution in [1.82, 2.24) is 9.80 Å². The largest absolute Gasteiger partial charge is 0.368 e. The molecule has 29 heavy (non-hydrogen) atoms. The molecule has 6 heteroatoms. The summed E-state index contributed by atoms with van der Waals surface area (Å²) in [6.07, 6.45) is 0.767. The molecule has 3 heterocycles. The Labute approximate surface area is 176 Å². The molecule has 2 aromatic rings. The zero-order chi connectivity index (χ0) is 20.5. The van der Waals surface area contributed by atoms with Gasteiger partial charge < -0.3 is 9.80 Å². The highest BCUT2D eigenvalue weighted by molar-refractivity contribution is 7.11. The molecule has 2 aliphatic rings. The maximum atomic E-state index is 13.2. The predicted octanol–water partition coefficient (Wildman–Crippen LogP) is 3.68. The zero-order valence-electron chi connectivity index (χ0n) is 17.3. The van der Waals surface area contributed by atoms with Crippen LogP contribution in [0.2, 0.25) is 0 Å². The minimum atomic E-state index is -0.147. The first-order chi connectivity index (χ1) is 14.0. The van der Waals surface area contributed by atoms with Crippen molar-refractivity contribution in [2.45, 2.75) is 27.2 Å². The first kappa shape index (κ1) is 19.7. The summed E-state index contributed by atoms with van der Waals surface area (Å²) in [6, 6.07) is 10.3. The molecule has 1 aromatic carbocycles. The molecule has 0 saturated carbocycles. The number of aryl methyl sites for hydroxylation is 1. The standard InChI is InChI=1S/C23H27N3O2S/c1-4-10-26-22(27)20(19-9-6-15-29-19)21(23(26)28)25-13-11-24(12-14-25)18-8-5-7-16(2)17(18)3/h5-9,15H,4,10-14H2,1-3H3. The number of carbonyl (C=O) groups is 2. The van der Waals surface area contributed by atoms with E-state index in [9.17, 15) is 9.59 Å². The van der Waals surface area contributed by atoms with Crippen LogP contribution in [0.15, 0.2) is 41.4 Å². The van der Waals surface area contributed by atoms with E-state index in [1.807, 2.05) is 24.4 Å². The highest BCUT2D eigenvalue weighted by atomic mass is 32.1. The Hall–Kier alpha value is -2.60. The Morgan fingerprint density at radius 3 is 2.31 bits per heavy atom. The number of thiophene rings is 1. The lowest BCUT2D eigenvalue weighted by Gasteiger charge is -2.38. The van der Waals surface area contributed by atoms with Crippen molar-refractivity contribution in [3.63, 3.8) is 0 Å². The van der Waals surface area contributed by atoms with Crippen molar-refractivity contribution < 1.29 is 9.59 Å². The smallest absolute Gasteiger partial charge is 0.277 e. The second-order valence-electron chi connectivity index (χ2n) is 7.66. The molecule has 0 unspecified atom stereocenters. The lowest BCUT2D eigenvalue weighted by atomic mass is 10.1. The van der Waals surface area contributed by atoms with E-state index in [4.69, 9.17) is 0 Å². The molecule has 1 aromatic heterocycles. The third-order valence-electron chi connectivity index (χ3n) is 5.87. The van der Waals surface area contributed by atoms with Gasteiger partial charge in [0.15, 0.2) is 0 Å². The maximum Gasteiger partial charge on any atom is 0.277 e. The molecule has 0 N–H and O–H groups in total. The van der Waals surface area contributed by atoms with Crippen LogP contribution in [0.4, 0.5) is 5.69 Å². The summed E-state index contributed by atoms with van der Waals surface area (Å²) in [4.78, 5) is 33.0. The average Bonchev–Trinajstić information content (AvgIpc) is 3.33. The van der Waals surface area contributed by atoms with Crippen LogP contribution >= 0.6 is 11.3 Å². The van der Waals surface area contributed by atoms with Crippen LogP contribution < -0.4 is 4.90 Å². The molecule has 1 saturated heterocycles. The number of hydrogen-bond acceptors (Lipinski definition) is 5. The van der Waals surface area contributed by atoms with Crippen LogP contribution in [0, 0.1) is 13.8 Å². The summed E-state index contributed by atoms with van der Waals surface area (Å²) in [5.74, 6) is -0.285. The third kappa shape index (κ3) is 3.46. The number of hydrogen-bond donors (Lipinski definition) is 0. The molecule has 0 atom stereocenters. The summed E-state index contributed by atoms with van der Waals surface area (Å²) in [6.45, 7) is 9.90. The number of rotatable bonds is 5. The highest BCUT2D eigenvalue weighted by Crippen LogP contribution is 2.35. The molecule has 0 radical (unpaired) electrons. The molecular weight excluding hydrogens is 382 g/mol. The summed E-state index contributed by atoms with van der Waals surface area (Å²) >= 11 is 1.52. The second-order valence-corrected chi connectivity index (χ2v) is 8.60. The minimum Gasteiger partial charge on any atom is -0.368 e. The average molecular weight is 410 g/mol. The van der Waals surface area contributed by atoms with Gasteiger partial charge in [-0.15, -0.1) is 11.3 Å². The fraction of sp³-hybridized carbons (Fsp3) is 0.391. The Morgan fingerprint density at radius 2 is 1.66 bits per heavy atom. The lowest BCUT2D eigenvalue weighted by molar-refractivity contribution is -0.137. The van der Waals surface area contributed by atoms with Crippen molar-refractivity contribution in [3.8, 4) is 0 Å². The quantitative estimate of drug-likeness (QED) is 0.707. The van der Waals surface area contributed by atoms with Crippen LogP contribution in [-0.4, -0.2) is 54.3 Å². The predicted molar refractivity (Wildman–Crippen MR) is 118 cm³/mol. The first-order valence-electron chi connectivity index (χ1n) is 10.2. The maximum absolute atomic E-state index is 13.2. The molecule has 0 spiro atoms. The van der Waals surface area contributed by atoms with Gasteiger partial charge in [-0.3, -0.25) is 14.5 Å². The highest BCUT2D eigenvalue weighted by Gasteiger charge is 2.42. The number of piperazine rings is 1. The van der Waals surface area contributed by atoms with Gasteiger partial charge >= 0.3 is 0 Å². The van der Waals surface area contributed by atoms with Crippen molar-refractivity contribution in [2.24, 2.45) is 0 Å². The van der Waals surface area contributed by atoms with E-state index in [1.165, 1.54) is 33.1 Å². The topological polar surface area (TPSA) is 43.9 Å².